The van der Waals surface area contributed by atoms with Gasteiger partial charge >= 0.3 is 5.97 Å². The summed E-state index contributed by atoms with van der Waals surface area (Å²) in [6.07, 6.45) is 2.92. The van der Waals surface area contributed by atoms with Gasteiger partial charge in [0.15, 0.2) is 6.10 Å². The van der Waals surface area contributed by atoms with Gasteiger partial charge in [-0.05, 0) is 25.8 Å². The first-order chi connectivity index (χ1) is 12.4. The maximum atomic E-state index is 12.4. The second-order valence-electron chi connectivity index (χ2n) is 6.17. The molecule has 0 bridgehead atoms. The van der Waals surface area contributed by atoms with Crippen molar-refractivity contribution >= 4 is 23.3 Å². The van der Waals surface area contributed by atoms with E-state index in [9.17, 15) is 19.7 Å². The fraction of sp³-hybridized carbons (Fsp3) is 0.529. The van der Waals surface area contributed by atoms with E-state index in [0.717, 1.165) is 31.7 Å². The number of aliphatic hydroxyl groups excluding tert-OH is 1. The third-order valence-electron chi connectivity index (χ3n) is 4.22. The maximum absolute atomic E-state index is 12.4. The predicted octanol–water partition coefficient (Wildman–Crippen LogP) is 1.60. The topological polar surface area (TPSA) is 131 Å². The summed E-state index contributed by atoms with van der Waals surface area (Å²) in [7, 11) is 0. The van der Waals surface area contributed by atoms with Crippen LogP contribution in [-0.2, 0) is 9.53 Å². The molecule has 1 aromatic carbocycles. The third kappa shape index (κ3) is 5.16. The van der Waals surface area contributed by atoms with Gasteiger partial charge in [0, 0.05) is 30.4 Å². The number of ether oxygens (including phenoxy) is 1. The highest BCUT2D eigenvalue weighted by Crippen LogP contribution is 2.23. The molecule has 0 spiro atoms. The van der Waals surface area contributed by atoms with Gasteiger partial charge in [-0.3, -0.25) is 14.9 Å². The first-order valence-corrected chi connectivity index (χ1v) is 8.57. The smallest absolute Gasteiger partial charge is 0.341 e. The minimum absolute atomic E-state index is 0.0619. The van der Waals surface area contributed by atoms with Crippen LogP contribution in [-0.4, -0.2) is 47.2 Å². The van der Waals surface area contributed by atoms with Gasteiger partial charge in [-0.1, -0.05) is 12.8 Å². The number of nitrogens with one attached hydrogen (secondary N) is 2. The Morgan fingerprint density at radius 3 is 2.69 bits per heavy atom. The van der Waals surface area contributed by atoms with Gasteiger partial charge in [0.1, 0.15) is 0 Å². The molecule has 0 unspecified atom stereocenters. The monoisotopic (exact) mass is 365 g/mol. The Labute approximate surface area is 150 Å². The molecule has 1 amide bonds. The van der Waals surface area contributed by atoms with E-state index in [-0.39, 0.29) is 42.0 Å². The molecule has 1 aliphatic carbocycles. The number of non-ortho nitro benzene ring substituents is 1. The summed E-state index contributed by atoms with van der Waals surface area (Å²) in [6.45, 7) is 1.45. The van der Waals surface area contributed by atoms with Crippen LogP contribution in [0.2, 0.25) is 0 Å². The number of hydrogen-bond acceptors (Lipinski definition) is 7. The number of nitrogens with zero attached hydrogens (tertiary/aromatic N) is 1. The number of carbonyl (C=O) groups is 2. The van der Waals surface area contributed by atoms with Crippen molar-refractivity contribution in [3.63, 3.8) is 0 Å². The van der Waals surface area contributed by atoms with E-state index in [1.807, 2.05) is 0 Å². The second-order valence-corrected chi connectivity index (χ2v) is 6.17. The lowest BCUT2D eigenvalue weighted by Gasteiger charge is -2.18. The van der Waals surface area contributed by atoms with Crippen molar-refractivity contribution in [3.8, 4) is 0 Å². The minimum Gasteiger partial charge on any atom is -0.449 e. The van der Waals surface area contributed by atoms with Crippen molar-refractivity contribution in [3.05, 3.63) is 33.9 Å². The van der Waals surface area contributed by atoms with E-state index in [1.54, 1.807) is 0 Å². The number of anilines is 1. The second kappa shape index (κ2) is 9.14. The fourth-order valence-electron chi connectivity index (χ4n) is 2.83. The molecule has 0 heterocycles. The van der Waals surface area contributed by atoms with Crippen LogP contribution in [0.4, 0.5) is 11.4 Å². The van der Waals surface area contributed by atoms with E-state index >= 15 is 0 Å². The summed E-state index contributed by atoms with van der Waals surface area (Å²) in [6, 6.07) is 3.80. The molecular formula is C17H23N3O6. The van der Waals surface area contributed by atoms with Crippen LogP contribution >= 0.6 is 0 Å². The molecule has 1 saturated carbocycles. The van der Waals surface area contributed by atoms with Crippen LogP contribution in [0.1, 0.15) is 43.0 Å². The number of aliphatic hydroxyl groups is 1. The molecule has 9 nitrogen and oxygen atoms in total. The Bertz CT molecular complexity index is 672. The summed E-state index contributed by atoms with van der Waals surface area (Å²) < 4.78 is 5.19. The van der Waals surface area contributed by atoms with Crippen molar-refractivity contribution in [2.75, 3.05) is 18.5 Å². The SMILES string of the molecule is C[C@@H](OC(=O)c1cc([N+](=O)[O-])ccc1NCCO)C(=O)NC1CCCC1. The van der Waals surface area contributed by atoms with Crippen LogP contribution in [0, 0.1) is 10.1 Å². The highest BCUT2D eigenvalue weighted by molar-refractivity contribution is 5.98. The first-order valence-electron chi connectivity index (χ1n) is 8.57. The zero-order valence-electron chi connectivity index (χ0n) is 14.6. The zero-order valence-corrected chi connectivity index (χ0v) is 14.6. The van der Waals surface area contributed by atoms with Crippen molar-refractivity contribution in [2.24, 2.45) is 0 Å². The Hall–Kier alpha value is -2.68. The third-order valence-corrected chi connectivity index (χ3v) is 4.22. The summed E-state index contributed by atoms with van der Waals surface area (Å²) in [5.74, 6) is -1.23. The largest absolute Gasteiger partial charge is 0.449 e. The highest BCUT2D eigenvalue weighted by atomic mass is 16.6. The van der Waals surface area contributed by atoms with Gasteiger partial charge in [-0.2, -0.15) is 0 Å². The average molecular weight is 365 g/mol. The van der Waals surface area contributed by atoms with Crippen LogP contribution < -0.4 is 10.6 Å². The van der Waals surface area contributed by atoms with Gasteiger partial charge in [0.2, 0.25) is 0 Å². The van der Waals surface area contributed by atoms with E-state index in [0.29, 0.717) is 0 Å². The molecule has 0 saturated heterocycles. The quantitative estimate of drug-likeness (QED) is 0.362. The van der Waals surface area contributed by atoms with Crippen LogP contribution in [0.5, 0.6) is 0 Å². The van der Waals surface area contributed by atoms with Crippen molar-refractivity contribution < 1.29 is 24.4 Å². The van der Waals surface area contributed by atoms with Crippen molar-refractivity contribution in [2.45, 2.75) is 44.8 Å². The molecule has 0 aliphatic heterocycles. The number of nitro benzene ring substituents is 1. The Balaban J connectivity index is 2.09. The first kappa shape index (κ1) is 19.6. The Kier molecular flexibility index (Phi) is 6.90. The molecule has 1 aromatic rings. The lowest BCUT2D eigenvalue weighted by molar-refractivity contribution is -0.384. The molecule has 3 N–H and O–H groups in total. The Morgan fingerprint density at radius 2 is 2.08 bits per heavy atom. The number of esters is 1. The molecular weight excluding hydrogens is 342 g/mol. The number of rotatable bonds is 8. The molecule has 0 aromatic heterocycles. The molecule has 1 fully saturated rings. The molecule has 9 heteroatoms. The number of amides is 1. The summed E-state index contributed by atoms with van der Waals surface area (Å²) in [5.41, 5.74) is -0.0409. The van der Waals surface area contributed by atoms with E-state index in [2.05, 4.69) is 10.6 Å². The molecule has 2 rings (SSSR count). The van der Waals surface area contributed by atoms with Crippen LogP contribution in [0.3, 0.4) is 0 Å². The summed E-state index contributed by atoms with van der Waals surface area (Å²) >= 11 is 0. The lowest BCUT2D eigenvalue weighted by atomic mass is 10.1. The zero-order chi connectivity index (χ0) is 19.1. The summed E-state index contributed by atoms with van der Waals surface area (Å²) in [5, 5.41) is 25.5. The molecule has 0 radical (unpaired) electrons. The van der Waals surface area contributed by atoms with Crippen molar-refractivity contribution in [1.29, 1.82) is 0 Å². The highest BCUT2D eigenvalue weighted by Gasteiger charge is 2.25. The van der Waals surface area contributed by atoms with Gasteiger partial charge in [-0.15, -0.1) is 0 Å². The van der Waals surface area contributed by atoms with Gasteiger partial charge in [0.05, 0.1) is 17.1 Å². The number of hydrogen-bond donors (Lipinski definition) is 3. The molecule has 1 aliphatic rings. The van der Waals surface area contributed by atoms with E-state index < -0.39 is 17.0 Å². The van der Waals surface area contributed by atoms with Crippen LogP contribution in [0.25, 0.3) is 0 Å². The maximum Gasteiger partial charge on any atom is 0.341 e. The van der Waals surface area contributed by atoms with Gasteiger partial charge < -0.3 is 20.5 Å². The molecule has 142 valence electrons. The van der Waals surface area contributed by atoms with E-state index in [4.69, 9.17) is 9.84 Å². The minimum atomic E-state index is -1.02. The standard InChI is InChI=1S/C17H23N3O6/c1-11(16(22)19-12-4-2-3-5-12)26-17(23)14-10-13(20(24)25)6-7-15(14)18-8-9-21/h6-7,10-12,18,21H,2-5,8-9H2,1H3,(H,19,22)/t11-/m1/s1. The Morgan fingerprint density at radius 1 is 1.38 bits per heavy atom. The fourth-order valence-corrected chi connectivity index (χ4v) is 2.83. The number of benzene rings is 1. The average Bonchev–Trinajstić information content (AvgIpc) is 3.12. The normalized spacial score (nSPS) is 15.3. The number of carbonyl (C=O) groups excluding carboxylic acids is 2. The molecule has 1 atom stereocenters. The molecule has 26 heavy (non-hydrogen) atoms. The van der Waals surface area contributed by atoms with E-state index in [1.165, 1.54) is 19.1 Å². The van der Waals surface area contributed by atoms with Crippen LogP contribution in [0.15, 0.2) is 18.2 Å². The van der Waals surface area contributed by atoms with Crippen molar-refractivity contribution in [1.82, 2.24) is 5.32 Å². The lowest BCUT2D eigenvalue weighted by Crippen LogP contribution is -2.40. The predicted molar refractivity (Wildman–Crippen MR) is 93.9 cm³/mol. The van der Waals surface area contributed by atoms with Gasteiger partial charge in [-0.25, -0.2) is 4.79 Å². The van der Waals surface area contributed by atoms with Gasteiger partial charge in [0.25, 0.3) is 11.6 Å². The summed E-state index contributed by atoms with van der Waals surface area (Å²) in [4.78, 5) is 34.9. The number of nitro groups is 1.